The van der Waals surface area contributed by atoms with E-state index in [1.165, 1.54) is 0 Å². The van der Waals surface area contributed by atoms with Gasteiger partial charge in [0.25, 0.3) is 11.8 Å². The van der Waals surface area contributed by atoms with Gasteiger partial charge in [-0.1, -0.05) is 19.1 Å². The molecular formula is C21H23BrN2O3. The van der Waals surface area contributed by atoms with Crippen LogP contribution in [0.1, 0.15) is 40.5 Å². The summed E-state index contributed by atoms with van der Waals surface area (Å²) in [6.45, 7) is 3.73. The average molecular weight is 431 g/mol. The van der Waals surface area contributed by atoms with Crippen LogP contribution in [0.5, 0.6) is 5.75 Å². The summed E-state index contributed by atoms with van der Waals surface area (Å²) in [7, 11) is 1.57. The van der Waals surface area contributed by atoms with E-state index in [0.29, 0.717) is 33.0 Å². The SMILES string of the molecule is COc1ccc(C(=O)Nc2ccccc2C(=O)N2CCC(C)CC2)cc1Br. The number of carbonyl (C=O) groups excluding carboxylic acids is 2. The number of para-hydroxylation sites is 1. The van der Waals surface area contributed by atoms with E-state index < -0.39 is 0 Å². The number of anilines is 1. The molecule has 142 valence electrons. The Hall–Kier alpha value is -2.34. The van der Waals surface area contributed by atoms with Gasteiger partial charge >= 0.3 is 0 Å². The molecule has 1 saturated heterocycles. The quantitative estimate of drug-likeness (QED) is 0.771. The lowest BCUT2D eigenvalue weighted by molar-refractivity contribution is 0.0698. The van der Waals surface area contributed by atoms with E-state index in [9.17, 15) is 9.59 Å². The number of ether oxygens (including phenoxy) is 1. The van der Waals surface area contributed by atoms with Crippen molar-refractivity contribution in [3.8, 4) is 5.75 Å². The van der Waals surface area contributed by atoms with Gasteiger partial charge in [-0.2, -0.15) is 0 Å². The second kappa shape index (κ2) is 8.57. The van der Waals surface area contributed by atoms with E-state index in [-0.39, 0.29) is 11.8 Å². The van der Waals surface area contributed by atoms with Crippen LogP contribution in [0.25, 0.3) is 0 Å². The monoisotopic (exact) mass is 430 g/mol. The largest absolute Gasteiger partial charge is 0.496 e. The molecule has 0 spiro atoms. The topological polar surface area (TPSA) is 58.6 Å². The number of benzene rings is 2. The Kier molecular flexibility index (Phi) is 6.16. The van der Waals surface area contributed by atoms with Gasteiger partial charge in [0.1, 0.15) is 5.75 Å². The average Bonchev–Trinajstić information content (AvgIpc) is 2.68. The highest BCUT2D eigenvalue weighted by molar-refractivity contribution is 9.10. The molecule has 5 nitrogen and oxygen atoms in total. The molecule has 2 amide bonds. The maximum atomic E-state index is 12.9. The normalized spacial score (nSPS) is 14.7. The summed E-state index contributed by atoms with van der Waals surface area (Å²) < 4.78 is 5.89. The molecule has 1 aliphatic rings. The fourth-order valence-electron chi connectivity index (χ4n) is 3.16. The molecule has 2 aromatic rings. The summed E-state index contributed by atoms with van der Waals surface area (Å²) in [4.78, 5) is 27.5. The van der Waals surface area contributed by atoms with Gasteiger partial charge in [0.05, 0.1) is 22.8 Å². The zero-order chi connectivity index (χ0) is 19.4. The van der Waals surface area contributed by atoms with E-state index in [1.807, 2.05) is 17.0 Å². The lowest BCUT2D eigenvalue weighted by atomic mass is 9.98. The predicted molar refractivity (Wildman–Crippen MR) is 109 cm³/mol. The number of nitrogens with zero attached hydrogens (tertiary/aromatic N) is 1. The smallest absolute Gasteiger partial charge is 0.255 e. The van der Waals surface area contributed by atoms with Crippen LogP contribution >= 0.6 is 15.9 Å². The van der Waals surface area contributed by atoms with Gasteiger partial charge in [-0.25, -0.2) is 0 Å². The van der Waals surface area contributed by atoms with Crippen LogP contribution < -0.4 is 10.1 Å². The Balaban J connectivity index is 1.78. The molecule has 0 radical (unpaired) electrons. The molecule has 0 saturated carbocycles. The van der Waals surface area contributed by atoms with Crippen LogP contribution in [0.3, 0.4) is 0 Å². The van der Waals surface area contributed by atoms with Crippen LogP contribution in [0.15, 0.2) is 46.9 Å². The van der Waals surface area contributed by atoms with Crippen LogP contribution in [-0.4, -0.2) is 36.9 Å². The predicted octanol–water partition coefficient (Wildman–Crippen LogP) is 4.58. The second-order valence-corrected chi connectivity index (χ2v) is 7.68. The van der Waals surface area contributed by atoms with E-state index in [0.717, 1.165) is 25.9 Å². The van der Waals surface area contributed by atoms with E-state index in [1.54, 1.807) is 37.4 Å². The van der Waals surface area contributed by atoms with Crippen molar-refractivity contribution >= 4 is 33.4 Å². The number of rotatable bonds is 4. The molecular weight excluding hydrogens is 408 g/mol. The third kappa shape index (κ3) is 4.50. The molecule has 2 aromatic carbocycles. The first-order valence-corrected chi connectivity index (χ1v) is 9.82. The summed E-state index contributed by atoms with van der Waals surface area (Å²) in [5.41, 5.74) is 1.53. The van der Waals surface area contributed by atoms with Crippen molar-refractivity contribution < 1.29 is 14.3 Å². The van der Waals surface area contributed by atoms with E-state index >= 15 is 0 Å². The van der Waals surface area contributed by atoms with Crippen molar-refractivity contribution in [2.45, 2.75) is 19.8 Å². The molecule has 0 aromatic heterocycles. The van der Waals surface area contributed by atoms with E-state index in [2.05, 4.69) is 28.2 Å². The summed E-state index contributed by atoms with van der Waals surface area (Å²) in [5, 5.41) is 2.87. The van der Waals surface area contributed by atoms with Gasteiger partial charge in [-0.3, -0.25) is 9.59 Å². The first-order valence-electron chi connectivity index (χ1n) is 9.02. The van der Waals surface area contributed by atoms with Crippen LogP contribution in [-0.2, 0) is 0 Å². The Labute approximate surface area is 167 Å². The molecule has 0 bridgehead atoms. The molecule has 0 aliphatic carbocycles. The van der Waals surface area contributed by atoms with Gasteiger partial charge < -0.3 is 15.0 Å². The van der Waals surface area contributed by atoms with Gasteiger partial charge in [-0.05, 0) is 65.0 Å². The van der Waals surface area contributed by atoms with Gasteiger partial charge in [-0.15, -0.1) is 0 Å². The number of halogens is 1. The minimum atomic E-state index is -0.272. The Morgan fingerprint density at radius 3 is 2.52 bits per heavy atom. The van der Waals surface area contributed by atoms with Crippen molar-refractivity contribution in [1.29, 1.82) is 0 Å². The Morgan fingerprint density at radius 2 is 1.85 bits per heavy atom. The van der Waals surface area contributed by atoms with E-state index in [4.69, 9.17) is 4.74 Å². The highest BCUT2D eigenvalue weighted by Gasteiger charge is 2.23. The van der Waals surface area contributed by atoms with Crippen molar-refractivity contribution in [2.24, 2.45) is 5.92 Å². The van der Waals surface area contributed by atoms with Crippen molar-refractivity contribution in [1.82, 2.24) is 4.90 Å². The number of piperidine rings is 1. The molecule has 27 heavy (non-hydrogen) atoms. The fourth-order valence-corrected chi connectivity index (χ4v) is 3.70. The lowest BCUT2D eigenvalue weighted by Gasteiger charge is -2.30. The maximum Gasteiger partial charge on any atom is 0.255 e. The third-order valence-corrected chi connectivity index (χ3v) is 5.51. The van der Waals surface area contributed by atoms with Crippen LogP contribution in [0.4, 0.5) is 5.69 Å². The Bertz CT molecular complexity index is 845. The van der Waals surface area contributed by atoms with Crippen molar-refractivity contribution in [3.05, 3.63) is 58.1 Å². The third-order valence-electron chi connectivity index (χ3n) is 4.89. The summed E-state index contributed by atoms with van der Waals surface area (Å²) in [5.74, 6) is 0.999. The summed E-state index contributed by atoms with van der Waals surface area (Å²) >= 11 is 3.39. The Morgan fingerprint density at radius 1 is 1.15 bits per heavy atom. The molecule has 1 fully saturated rings. The molecule has 3 rings (SSSR count). The number of carbonyl (C=O) groups is 2. The second-order valence-electron chi connectivity index (χ2n) is 6.82. The molecule has 0 unspecified atom stereocenters. The summed E-state index contributed by atoms with van der Waals surface area (Å²) in [6, 6.07) is 12.3. The van der Waals surface area contributed by atoms with Gasteiger partial charge in [0.2, 0.25) is 0 Å². The van der Waals surface area contributed by atoms with Gasteiger partial charge in [0, 0.05) is 18.7 Å². The minimum absolute atomic E-state index is 0.0336. The van der Waals surface area contributed by atoms with Crippen molar-refractivity contribution in [2.75, 3.05) is 25.5 Å². The fraction of sp³-hybridized carbons (Fsp3) is 0.333. The molecule has 1 aliphatic heterocycles. The zero-order valence-electron chi connectivity index (χ0n) is 15.5. The minimum Gasteiger partial charge on any atom is -0.496 e. The first-order chi connectivity index (χ1) is 13.0. The molecule has 0 atom stereocenters. The van der Waals surface area contributed by atoms with Crippen LogP contribution in [0, 0.1) is 5.92 Å². The van der Waals surface area contributed by atoms with Gasteiger partial charge in [0.15, 0.2) is 0 Å². The number of hydrogen-bond acceptors (Lipinski definition) is 3. The van der Waals surface area contributed by atoms with Crippen LogP contribution in [0.2, 0.25) is 0 Å². The lowest BCUT2D eigenvalue weighted by Crippen LogP contribution is -2.38. The number of hydrogen-bond donors (Lipinski definition) is 1. The number of methoxy groups -OCH3 is 1. The number of likely N-dealkylation sites (tertiary alicyclic amines) is 1. The molecule has 1 heterocycles. The first kappa shape index (κ1) is 19.4. The zero-order valence-corrected chi connectivity index (χ0v) is 17.1. The number of nitrogens with one attached hydrogen (secondary N) is 1. The molecule has 6 heteroatoms. The summed E-state index contributed by atoms with van der Waals surface area (Å²) in [6.07, 6.45) is 2.03. The standard InChI is InChI=1S/C21H23BrN2O3/c1-14-9-11-24(12-10-14)21(26)16-5-3-4-6-18(16)23-20(25)15-7-8-19(27-2)17(22)13-15/h3-8,13-14H,9-12H2,1-2H3,(H,23,25). The highest BCUT2D eigenvalue weighted by atomic mass is 79.9. The van der Waals surface area contributed by atoms with Crippen molar-refractivity contribution in [3.63, 3.8) is 0 Å². The maximum absolute atomic E-state index is 12.9. The molecule has 1 N–H and O–H groups in total. The number of amides is 2. The highest BCUT2D eigenvalue weighted by Crippen LogP contribution is 2.27.